The lowest BCUT2D eigenvalue weighted by molar-refractivity contribution is 0.0954. The number of carbonyl (C=O) groups excluding carboxylic acids is 1. The molecule has 0 aliphatic carbocycles. The maximum atomic E-state index is 13.6. The highest BCUT2D eigenvalue weighted by Gasteiger charge is 2.07. The third-order valence-corrected chi connectivity index (χ3v) is 4.22. The monoisotopic (exact) mass is 363 g/mol. The minimum Gasteiger partial charge on any atom is -0.383 e. The molecule has 27 heavy (non-hydrogen) atoms. The molecule has 138 valence electrons. The van der Waals surface area contributed by atoms with Crippen LogP contribution in [0.4, 0.5) is 10.1 Å². The summed E-state index contributed by atoms with van der Waals surface area (Å²) < 4.78 is 13.6. The third kappa shape index (κ3) is 5.64. The van der Waals surface area contributed by atoms with Gasteiger partial charge in [0.1, 0.15) is 5.82 Å². The molecule has 0 fully saturated rings. The van der Waals surface area contributed by atoms with Crippen LogP contribution in [0.25, 0.3) is 0 Å². The zero-order chi connectivity index (χ0) is 18.9. The van der Waals surface area contributed by atoms with Crippen LogP contribution < -0.4 is 10.6 Å². The van der Waals surface area contributed by atoms with Crippen LogP contribution in [-0.4, -0.2) is 24.0 Å². The Bertz CT molecular complexity index is 883. The molecule has 0 atom stereocenters. The number of hydrogen-bond acceptors (Lipinski definition) is 3. The van der Waals surface area contributed by atoms with Crippen molar-refractivity contribution in [2.75, 3.05) is 18.4 Å². The summed E-state index contributed by atoms with van der Waals surface area (Å²) in [5.74, 6) is -0.361. The Morgan fingerprint density at radius 3 is 2.52 bits per heavy atom. The molecule has 0 saturated heterocycles. The normalized spacial score (nSPS) is 10.4. The van der Waals surface area contributed by atoms with Crippen molar-refractivity contribution in [1.82, 2.24) is 10.3 Å². The Kier molecular flexibility index (Phi) is 6.52. The molecule has 0 saturated carbocycles. The van der Waals surface area contributed by atoms with Crippen molar-refractivity contribution in [3.63, 3.8) is 0 Å². The van der Waals surface area contributed by atoms with E-state index in [0.717, 1.165) is 12.1 Å². The standard InChI is InChI=1S/C22H22FN3O/c23-21-9-5-4-8-18(21)11-13-25-20-14-19(15-24-16-20)22(27)26-12-10-17-6-2-1-3-7-17/h1-9,14-16,25H,10-13H2,(H,26,27). The summed E-state index contributed by atoms with van der Waals surface area (Å²) in [5, 5.41) is 6.10. The van der Waals surface area contributed by atoms with Gasteiger partial charge in [-0.3, -0.25) is 9.78 Å². The highest BCUT2D eigenvalue weighted by molar-refractivity contribution is 5.94. The van der Waals surface area contributed by atoms with Gasteiger partial charge in [-0.25, -0.2) is 4.39 Å². The van der Waals surface area contributed by atoms with Crippen LogP contribution in [0.15, 0.2) is 73.1 Å². The molecular weight excluding hydrogens is 341 g/mol. The summed E-state index contributed by atoms with van der Waals surface area (Å²) in [6.45, 7) is 1.12. The number of aromatic nitrogens is 1. The summed E-state index contributed by atoms with van der Waals surface area (Å²) in [6, 6.07) is 18.5. The molecule has 0 radical (unpaired) electrons. The van der Waals surface area contributed by atoms with Gasteiger partial charge in [-0.05, 0) is 36.1 Å². The van der Waals surface area contributed by atoms with Crippen molar-refractivity contribution in [3.8, 4) is 0 Å². The topological polar surface area (TPSA) is 54.0 Å². The molecule has 0 aliphatic rings. The number of nitrogens with one attached hydrogen (secondary N) is 2. The first-order valence-electron chi connectivity index (χ1n) is 8.97. The van der Waals surface area contributed by atoms with Crippen LogP contribution >= 0.6 is 0 Å². The van der Waals surface area contributed by atoms with Gasteiger partial charge >= 0.3 is 0 Å². The van der Waals surface area contributed by atoms with Crippen LogP contribution in [0.1, 0.15) is 21.5 Å². The van der Waals surface area contributed by atoms with Crippen LogP contribution in [0.5, 0.6) is 0 Å². The van der Waals surface area contributed by atoms with E-state index in [2.05, 4.69) is 15.6 Å². The van der Waals surface area contributed by atoms with E-state index in [4.69, 9.17) is 0 Å². The Morgan fingerprint density at radius 1 is 0.926 bits per heavy atom. The molecule has 1 heterocycles. The molecule has 4 nitrogen and oxygen atoms in total. The van der Waals surface area contributed by atoms with Crippen molar-refractivity contribution >= 4 is 11.6 Å². The lowest BCUT2D eigenvalue weighted by atomic mass is 10.1. The largest absolute Gasteiger partial charge is 0.383 e. The van der Waals surface area contributed by atoms with Gasteiger partial charge in [-0.2, -0.15) is 0 Å². The minimum atomic E-state index is -0.205. The van der Waals surface area contributed by atoms with Gasteiger partial charge in [0, 0.05) is 25.5 Å². The number of rotatable bonds is 8. The molecule has 2 aromatic carbocycles. The molecule has 3 rings (SSSR count). The molecular formula is C22H22FN3O. The number of halogens is 1. The number of pyridine rings is 1. The smallest absolute Gasteiger partial charge is 0.252 e. The number of benzene rings is 2. The fraction of sp³-hybridized carbons (Fsp3) is 0.182. The molecule has 2 N–H and O–H groups in total. The molecule has 0 bridgehead atoms. The number of hydrogen-bond donors (Lipinski definition) is 2. The summed E-state index contributed by atoms with van der Waals surface area (Å²) >= 11 is 0. The van der Waals surface area contributed by atoms with Gasteiger partial charge in [0.15, 0.2) is 0 Å². The Labute approximate surface area is 158 Å². The number of amides is 1. The van der Waals surface area contributed by atoms with Crippen molar-refractivity contribution in [2.24, 2.45) is 0 Å². The summed E-state index contributed by atoms with van der Waals surface area (Å²) in [4.78, 5) is 16.4. The number of anilines is 1. The molecule has 1 aromatic heterocycles. The lowest BCUT2D eigenvalue weighted by Crippen LogP contribution is -2.25. The van der Waals surface area contributed by atoms with Crippen molar-refractivity contribution in [1.29, 1.82) is 0 Å². The predicted octanol–water partition coefficient (Wildman–Crippen LogP) is 3.85. The summed E-state index contributed by atoms with van der Waals surface area (Å²) in [7, 11) is 0. The second-order valence-corrected chi connectivity index (χ2v) is 6.22. The zero-order valence-corrected chi connectivity index (χ0v) is 15.0. The molecule has 0 aliphatic heterocycles. The van der Waals surface area contributed by atoms with E-state index in [-0.39, 0.29) is 11.7 Å². The molecule has 3 aromatic rings. The molecule has 0 unspecified atom stereocenters. The molecule has 5 heteroatoms. The zero-order valence-electron chi connectivity index (χ0n) is 15.0. The maximum absolute atomic E-state index is 13.6. The number of nitrogens with zero attached hydrogens (tertiary/aromatic N) is 1. The van der Waals surface area contributed by atoms with E-state index < -0.39 is 0 Å². The van der Waals surface area contributed by atoms with E-state index in [1.807, 2.05) is 36.4 Å². The van der Waals surface area contributed by atoms with E-state index in [9.17, 15) is 9.18 Å². The Hall–Kier alpha value is -3.21. The van der Waals surface area contributed by atoms with Gasteiger partial charge in [0.05, 0.1) is 11.3 Å². The van der Waals surface area contributed by atoms with Crippen LogP contribution in [-0.2, 0) is 12.8 Å². The van der Waals surface area contributed by atoms with Gasteiger partial charge in [-0.1, -0.05) is 48.5 Å². The average molecular weight is 363 g/mol. The second-order valence-electron chi connectivity index (χ2n) is 6.22. The van der Waals surface area contributed by atoms with Gasteiger partial charge in [0.2, 0.25) is 0 Å². The molecule has 1 amide bonds. The Balaban J connectivity index is 1.49. The van der Waals surface area contributed by atoms with Crippen LogP contribution in [0.3, 0.4) is 0 Å². The first-order chi connectivity index (χ1) is 13.2. The van der Waals surface area contributed by atoms with Crippen LogP contribution in [0, 0.1) is 5.82 Å². The highest BCUT2D eigenvalue weighted by atomic mass is 19.1. The van der Waals surface area contributed by atoms with Crippen LogP contribution in [0.2, 0.25) is 0 Å². The van der Waals surface area contributed by atoms with Gasteiger partial charge in [-0.15, -0.1) is 0 Å². The fourth-order valence-corrected chi connectivity index (χ4v) is 2.77. The van der Waals surface area contributed by atoms with Crippen molar-refractivity contribution < 1.29 is 9.18 Å². The van der Waals surface area contributed by atoms with E-state index >= 15 is 0 Å². The maximum Gasteiger partial charge on any atom is 0.252 e. The van der Waals surface area contributed by atoms with Crippen molar-refractivity contribution in [3.05, 3.63) is 95.6 Å². The quantitative estimate of drug-likeness (QED) is 0.639. The predicted molar refractivity (Wildman–Crippen MR) is 105 cm³/mol. The first kappa shape index (κ1) is 18.6. The summed E-state index contributed by atoms with van der Waals surface area (Å²) in [5.41, 5.74) is 3.08. The summed E-state index contributed by atoms with van der Waals surface area (Å²) in [6.07, 6.45) is 4.53. The van der Waals surface area contributed by atoms with E-state index in [0.29, 0.717) is 30.6 Å². The average Bonchev–Trinajstić information content (AvgIpc) is 2.70. The minimum absolute atomic E-state index is 0.156. The van der Waals surface area contributed by atoms with E-state index in [1.165, 1.54) is 11.6 Å². The second kappa shape index (κ2) is 9.48. The van der Waals surface area contributed by atoms with Gasteiger partial charge in [0.25, 0.3) is 5.91 Å². The van der Waals surface area contributed by atoms with Crippen molar-refractivity contribution in [2.45, 2.75) is 12.8 Å². The van der Waals surface area contributed by atoms with Gasteiger partial charge < -0.3 is 10.6 Å². The first-order valence-corrected chi connectivity index (χ1v) is 8.97. The number of carbonyl (C=O) groups is 1. The molecule has 0 spiro atoms. The fourth-order valence-electron chi connectivity index (χ4n) is 2.77. The third-order valence-electron chi connectivity index (χ3n) is 4.22. The lowest BCUT2D eigenvalue weighted by Gasteiger charge is -2.09. The highest BCUT2D eigenvalue weighted by Crippen LogP contribution is 2.11. The SMILES string of the molecule is O=C(NCCc1ccccc1)c1cncc(NCCc2ccccc2F)c1. The Morgan fingerprint density at radius 2 is 1.70 bits per heavy atom. The van der Waals surface area contributed by atoms with E-state index in [1.54, 1.807) is 30.6 Å².